The Morgan fingerprint density at radius 2 is 2.12 bits per heavy atom. The van der Waals surface area contributed by atoms with Crippen molar-refractivity contribution in [2.24, 2.45) is 0 Å². The normalized spacial score (nSPS) is 25.1. The predicted molar refractivity (Wildman–Crippen MR) is 101 cm³/mol. The second kappa shape index (κ2) is 6.07. The van der Waals surface area contributed by atoms with Gasteiger partial charge in [-0.2, -0.15) is 0 Å². The molecule has 1 saturated carbocycles. The van der Waals surface area contributed by atoms with Crippen molar-refractivity contribution in [2.75, 3.05) is 0 Å². The number of aromatic nitrogens is 2. The molecule has 6 heteroatoms. The van der Waals surface area contributed by atoms with Crippen LogP contribution in [0.5, 0.6) is 0 Å². The molecule has 0 saturated heterocycles. The number of H-pyrrole nitrogens is 1. The Hall–Kier alpha value is -0.980. The molecule has 130 valence electrons. The Morgan fingerprint density at radius 1 is 1.38 bits per heavy atom. The Bertz CT molecular complexity index is 889. The van der Waals surface area contributed by atoms with Crippen molar-refractivity contribution in [3.8, 4) is 0 Å². The second-order valence-corrected chi connectivity index (χ2v) is 8.87. The quantitative estimate of drug-likeness (QED) is 0.774. The van der Waals surface area contributed by atoms with E-state index >= 15 is 0 Å². The summed E-state index contributed by atoms with van der Waals surface area (Å²) in [5.41, 5.74) is 1.13. The van der Waals surface area contributed by atoms with E-state index in [2.05, 4.69) is 18.8 Å². The van der Waals surface area contributed by atoms with Gasteiger partial charge in [-0.15, -0.1) is 11.3 Å². The highest BCUT2D eigenvalue weighted by atomic mass is 32.1. The molecule has 2 aliphatic rings. The van der Waals surface area contributed by atoms with Crippen molar-refractivity contribution in [3.05, 3.63) is 25.6 Å². The maximum Gasteiger partial charge on any atom is 0.263 e. The Kier molecular flexibility index (Phi) is 4.17. The molecule has 1 N–H and O–H groups in total. The zero-order chi connectivity index (χ0) is 16.9. The summed E-state index contributed by atoms with van der Waals surface area (Å²) in [4.78, 5) is 18.8. The van der Waals surface area contributed by atoms with Crippen molar-refractivity contribution < 1.29 is 4.74 Å². The maximum atomic E-state index is 13.3. The number of aromatic amines is 1. The minimum atomic E-state index is -0.171. The van der Waals surface area contributed by atoms with Gasteiger partial charge in [0.2, 0.25) is 0 Å². The summed E-state index contributed by atoms with van der Waals surface area (Å²) in [6.07, 6.45) is 7.52. The molecule has 1 aliphatic heterocycles. The van der Waals surface area contributed by atoms with Gasteiger partial charge in [0, 0.05) is 17.3 Å². The van der Waals surface area contributed by atoms with Gasteiger partial charge in [-0.1, -0.05) is 26.2 Å². The van der Waals surface area contributed by atoms with Gasteiger partial charge < -0.3 is 9.72 Å². The van der Waals surface area contributed by atoms with E-state index in [1.54, 1.807) is 11.3 Å². The second-order valence-electron chi connectivity index (χ2n) is 7.37. The number of nitrogens with one attached hydrogen (secondary N) is 1. The SMILES string of the molecule is CCC1(C)Cc2c(sc3[nH]c(=S)n(C4CCCCC4)c(=O)c23)CO1. The number of thiophene rings is 1. The Morgan fingerprint density at radius 3 is 2.83 bits per heavy atom. The largest absolute Gasteiger partial charge is 0.369 e. The van der Waals surface area contributed by atoms with Crippen molar-refractivity contribution in [2.45, 2.75) is 77.0 Å². The highest BCUT2D eigenvalue weighted by Gasteiger charge is 2.33. The number of ether oxygens (including phenoxy) is 1. The van der Waals surface area contributed by atoms with Gasteiger partial charge in [0.05, 0.1) is 17.6 Å². The first kappa shape index (κ1) is 16.5. The van der Waals surface area contributed by atoms with E-state index in [4.69, 9.17) is 17.0 Å². The van der Waals surface area contributed by atoms with E-state index in [0.717, 1.165) is 35.9 Å². The molecule has 3 heterocycles. The van der Waals surface area contributed by atoms with Crippen LogP contribution in [0.4, 0.5) is 0 Å². The molecule has 1 unspecified atom stereocenters. The van der Waals surface area contributed by atoms with Crippen molar-refractivity contribution in [1.29, 1.82) is 0 Å². The summed E-state index contributed by atoms with van der Waals surface area (Å²) in [6.45, 7) is 4.89. The third kappa shape index (κ3) is 2.59. The van der Waals surface area contributed by atoms with Crippen LogP contribution in [-0.4, -0.2) is 15.2 Å². The first-order chi connectivity index (χ1) is 11.5. The van der Waals surface area contributed by atoms with Gasteiger partial charge in [-0.05, 0) is 44.0 Å². The molecule has 4 rings (SSSR count). The smallest absolute Gasteiger partial charge is 0.263 e. The fourth-order valence-corrected chi connectivity index (χ4v) is 5.58. The lowest BCUT2D eigenvalue weighted by molar-refractivity contribution is -0.0543. The lowest BCUT2D eigenvalue weighted by Crippen LogP contribution is -2.35. The summed E-state index contributed by atoms with van der Waals surface area (Å²) in [7, 11) is 0. The van der Waals surface area contributed by atoms with Crippen molar-refractivity contribution in [3.63, 3.8) is 0 Å². The summed E-state index contributed by atoms with van der Waals surface area (Å²) in [6, 6.07) is 0.257. The molecular weight excluding hydrogens is 340 g/mol. The van der Waals surface area contributed by atoms with Gasteiger partial charge in [0.25, 0.3) is 5.56 Å². The van der Waals surface area contributed by atoms with Gasteiger partial charge in [0.1, 0.15) is 4.83 Å². The number of rotatable bonds is 2. The average Bonchev–Trinajstić information content (AvgIpc) is 2.93. The topological polar surface area (TPSA) is 47.0 Å². The Balaban J connectivity index is 1.90. The summed E-state index contributed by atoms with van der Waals surface area (Å²) in [5, 5.41) is 0.858. The van der Waals surface area contributed by atoms with Gasteiger partial charge in [0.15, 0.2) is 4.77 Å². The monoisotopic (exact) mass is 364 g/mol. The van der Waals surface area contributed by atoms with Crippen molar-refractivity contribution >= 4 is 33.8 Å². The first-order valence-electron chi connectivity index (χ1n) is 8.95. The van der Waals surface area contributed by atoms with Crippen LogP contribution in [0.25, 0.3) is 10.2 Å². The molecule has 2 aromatic heterocycles. The van der Waals surface area contributed by atoms with Crippen molar-refractivity contribution in [1.82, 2.24) is 9.55 Å². The summed E-state index contributed by atoms with van der Waals surface area (Å²) < 4.78 is 8.49. The third-order valence-electron chi connectivity index (χ3n) is 5.75. The molecule has 1 fully saturated rings. The standard InChI is InChI=1S/C18H24N2O2S2/c1-3-18(2)9-12-13(10-22-18)24-15-14(12)16(21)20(17(23)19-15)11-7-5-4-6-8-11/h11H,3-10H2,1-2H3,(H,19,23). The molecule has 4 nitrogen and oxygen atoms in total. The molecule has 0 spiro atoms. The van der Waals surface area contributed by atoms with E-state index < -0.39 is 0 Å². The van der Waals surface area contributed by atoms with Gasteiger partial charge >= 0.3 is 0 Å². The molecule has 0 bridgehead atoms. The van der Waals surface area contributed by atoms with Crippen LogP contribution in [0.15, 0.2) is 4.79 Å². The zero-order valence-electron chi connectivity index (χ0n) is 14.3. The molecule has 1 aliphatic carbocycles. The van der Waals surface area contributed by atoms with Gasteiger partial charge in [-0.3, -0.25) is 9.36 Å². The molecule has 1 atom stereocenters. The molecule has 0 aromatic carbocycles. The lowest BCUT2D eigenvalue weighted by Gasteiger charge is -2.33. The molecular formula is C18H24N2O2S2. The molecule has 0 amide bonds. The molecule has 2 aromatic rings. The van der Waals surface area contributed by atoms with Crippen LogP contribution in [0, 0.1) is 4.77 Å². The highest BCUT2D eigenvalue weighted by molar-refractivity contribution is 7.71. The van der Waals surface area contributed by atoms with Crippen LogP contribution < -0.4 is 5.56 Å². The Labute approximate surface area is 150 Å². The van der Waals surface area contributed by atoms with Crippen LogP contribution in [0.2, 0.25) is 0 Å². The van der Waals surface area contributed by atoms with Crippen LogP contribution in [0.3, 0.4) is 0 Å². The average molecular weight is 365 g/mol. The first-order valence-corrected chi connectivity index (χ1v) is 10.2. The van der Waals surface area contributed by atoms with E-state index in [1.165, 1.54) is 29.7 Å². The number of hydrogen-bond donors (Lipinski definition) is 1. The lowest BCUT2D eigenvalue weighted by atomic mass is 9.90. The fraction of sp³-hybridized carbons (Fsp3) is 0.667. The number of fused-ring (bicyclic) bond motifs is 3. The highest BCUT2D eigenvalue weighted by Crippen LogP contribution is 2.38. The van der Waals surface area contributed by atoms with E-state index in [9.17, 15) is 4.79 Å². The maximum absolute atomic E-state index is 13.3. The van der Waals surface area contributed by atoms with Crippen LogP contribution in [-0.2, 0) is 17.8 Å². The van der Waals surface area contributed by atoms with E-state index in [0.29, 0.717) is 11.4 Å². The number of nitrogens with zero attached hydrogens (tertiary/aromatic N) is 1. The zero-order valence-corrected chi connectivity index (χ0v) is 15.9. The molecule has 0 radical (unpaired) electrons. The van der Waals surface area contributed by atoms with Crippen LogP contribution in [0.1, 0.15) is 68.9 Å². The molecule has 24 heavy (non-hydrogen) atoms. The van der Waals surface area contributed by atoms with E-state index in [1.807, 2.05) is 4.57 Å². The minimum Gasteiger partial charge on any atom is -0.369 e. The predicted octanol–water partition coefficient (Wildman–Crippen LogP) is 4.87. The minimum absolute atomic E-state index is 0.110. The number of hydrogen-bond acceptors (Lipinski definition) is 4. The van der Waals surface area contributed by atoms with Crippen LogP contribution >= 0.6 is 23.6 Å². The summed E-state index contributed by atoms with van der Waals surface area (Å²) >= 11 is 7.17. The van der Waals surface area contributed by atoms with Gasteiger partial charge in [-0.25, -0.2) is 0 Å². The van der Waals surface area contributed by atoms with E-state index in [-0.39, 0.29) is 17.2 Å². The summed E-state index contributed by atoms with van der Waals surface area (Å²) in [5.74, 6) is 0. The third-order valence-corrected chi connectivity index (χ3v) is 7.17. The fourth-order valence-electron chi connectivity index (χ4n) is 4.06.